The lowest BCUT2D eigenvalue weighted by atomic mass is 10.0. The molecule has 29 heavy (non-hydrogen) atoms. The van der Waals surface area contributed by atoms with Crippen LogP contribution < -0.4 is 4.74 Å². The van der Waals surface area contributed by atoms with Crippen molar-refractivity contribution in [3.8, 4) is 16.3 Å². The maximum atomic E-state index is 12.0. The van der Waals surface area contributed by atoms with Crippen molar-refractivity contribution in [1.29, 1.82) is 0 Å². The molecule has 4 nitrogen and oxygen atoms in total. The van der Waals surface area contributed by atoms with Crippen LogP contribution in [0.4, 0.5) is 0 Å². The van der Waals surface area contributed by atoms with Crippen LogP contribution in [0.2, 0.25) is 0 Å². The van der Waals surface area contributed by atoms with Gasteiger partial charge in [-0.05, 0) is 54.0 Å². The molecule has 0 spiro atoms. The summed E-state index contributed by atoms with van der Waals surface area (Å²) >= 11 is 1.56. The van der Waals surface area contributed by atoms with Gasteiger partial charge in [0.2, 0.25) is 0 Å². The number of benzene rings is 2. The summed E-state index contributed by atoms with van der Waals surface area (Å²) < 4.78 is 10.9. The van der Waals surface area contributed by atoms with Crippen LogP contribution in [-0.2, 0) is 29.0 Å². The Balaban J connectivity index is 1.27. The first-order valence-corrected chi connectivity index (χ1v) is 10.9. The molecule has 1 aromatic heterocycles. The van der Waals surface area contributed by atoms with E-state index in [-0.39, 0.29) is 19.2 Å². The monoisotopic (exact) mass is 407 g/mol. The third kappa shape index (κ3) is 4.85. The highest BCUT2D eigenvalue weighted by molar-refractivity contribution is 7.13. The van der Waals surface area contributed by atoms with Gasteiger partial charge in [0.15, 0.2) is 6.61 Å². The number of esters is 1. The Kier molecular flexibility index (Phi) is 5.95. The zero-order chi connectivity index (χ0) is 20.2. The molecular weight excluding hydrogens is 382 g/mol. The molecule has 5 heteroatoms. The number of carbonyl (C=O) groups is 1. The molecule has 4 rings (SSSR count). The second kappa shape index (κ2) is 8.78. The largest absolute Gasteiger partial charge is 0.482 e. The summed E-state index contributed by atoms with van der Waals surface area (Å²) in [5.41, 5.74) is 5.86. The van der Waals surface area contributed by atoms with Crippen molar-refractivity contribution in [2.75, 3.05) is 6.61 Å². The molecule has 2 aromatic carbocycles. The van der Waals surface area contributed by atoms with Gasteiger partial charge < -0.3 is 9.47 Å². The van der Waals surface area contributed by atoms with E-state index in [1.165, 1.54) is 23.1 Å². The standard InChI is InChI=1S/C24H25NO3S/c1-16(2)17-6-8-19(9-7-17)24-25-21(15-29-24)13-28-23(26)14-27-22-11-10-18-4-3-5-20(18)12-22/h6-12,15-16H,3-5,13-14H2,1-2H3. The normalized spacial score (nSPS) is 12.8. The zero-order valence-corrected chi connectivity index (χ0v) is 17.6. The molecule has 0 unspecified atom stereocenters. The van der Waals surface area contributed by atoms with E-state index in [9.17, 15) is 4.79 Å². The van der Waals surface area contributed by atoms with E-state index < -0.39 is 0 Å². The molecule has 0 N–H and O–H groups in total. The van der Waals surface area contributed by atoms with Gasteiger partial charge in [-0.15, -0.1) is 11.3 Å². The highest BCUT2D eigenvalue weighted by Crippen LogP contribution is 2.27. The summed E-state index contributed by atoms with van der Waals surface area (Å²) in [5.74, 6) is 0.846. The number of hydrogen-bond acceptors (Lipinski definition) is 5. The number of hydrogen-bond donors (Lipinski definition) is 0. The Morgan fingerprint density at radius 1 is 1.10 bits per heavy atom. The number of carbonyl (C=O) groups excluding carboxylic acids is 1. The van der Waals surface area contributed by atoms with Crippen molar-refractivity contribution in [2.24, 2.45) is 0 Å². The Morgan fingerprint density at radius 3 is 2.69 bits per heavy atom. The Hall–Kier alpha value is -2.66. The van der Waals surface area contributed by atoms with E-state index in [4.69, 9.17) is 9.47 Å². The van der Waals surface area contributed by atoms with Crippen LogP contribution in [0.1, 0.15) is 48.6 Å². The van der Waals surface area contributed by atoms with Gasteiger partial charge in [-0.25, -0.2) is 9.78 Å². The summed E-state index contributed by atoms with van der Waals surface area (Å²) in [6.45, 7) is 4.43. The number of ether oxygens (including phenoxy) is 2. The van der Waals surface area contributed by atoms with E-state index in [2.05, 4.69) is 49.2 Å². The van der Waals surface area contributed by atoms with E-state index in [1.807, 2.05) is 17.5 Å². The minimum absolute atomic E-state index is 0.0908. The van der Waals surface area contributed by atoms with Gasteiger partial charge in [0.25, 0.3) is 0 Å². The molecule has 0 radical (unpaired) electrons. The van der Waals surface area contributed by atoms with Gasteiger partial charge >= 0.3 is 5.97 Å². The van der Waals surface area contributed by atoms with Crippen LogP contribution >= 0.6 is 11.3 Å². The van der Waals surface area contributed by atoms with Crippen molar-refractivity contribution < 1.29 is 14.3 Å². The fourth-order valence-corrected chi connectivity index (χ4v) is 4.30. The van der Waals surface area contributed by atoms with Crippen molar-refractivity contribution in [2.45, 2.75) is 45.6 Å². The maximum absolute atomic E-state index is 12.0. The lowest BCUT2D eigenvalue weighted by Crippen LogP contribution is -2.15. The summed E-state index contributed by atoms with van der Waals surface area (Å²) in [6, 6.07) is 14.5. The summed E-state index contributed by atoms with van der Waals surface area (Å²) in [5, 5.41) is 2.86. The molecule has 0 saturated carbocycles. The molecule has 1 aliphatic rings. The third-order valence-corrected chi connectivity index (χ3v) is 6.12. The van der Waals surface area contributed by atoms with Gasteiger partial charge in [0.05, 0.1) is 5.69 Å². The molecule has 1 heterocycles. The minimum Gasteiger partial charge on any atom is -0.482 e. The predicted octanol–water partition coefficient (Wildman–Crippen LogP) is 5.54. The van der Waals surface area contributed by atoms with Gasteiger partial charge in [-0.1, -0.05) is 44.2 Å². The van der Waals surface area contributed by atoms with Crippen LogP contribution in [0.15, 0.2) is 47.8 Å². The predicted molar refractivity (Wildman–Crippen MR) is 115 cm³/mol. The first-order chi connectivity index (χ1) is 14.1. The molecule has 0 amide bonds. The van der Waals surface area contributed by atoms with Crippen LogP contribution in [0, 0.1) is 0 Å². The number of aromatic nitrogens is 1. The number of nitrogens with zero attached hydrogens (tertiary/aromatic N) is 1. The molecular formula is C24H25NO3S. The fraction of sp³-hybridized carbons (Fsp3) is 0.333. The molecule has 0 aliphatic heterocycles. The lowest BCUT2D eigenvalue weighted by molar-refractivity contribution is -0.147. The minimum atomic E-state index is -0.388. The molecule has 0 bridgehead atoms. The first kappa shape index (κ1) is 19.6. The molecule has 0 atom stereocenters. The Bertz CT molecular complexity index is 992. The second-order valence-corrected chi connectivity index (χ2v) is 8.51. The lowest BCUT2D eigenvalue weighted by Gasteiger charge is -2.08. The van der Waals surface area contributed by atoms with E-state index in [0.717, 1.165) is 34.9 Å². The number of rotatable bonds is 7. The van der Waals surface area contributed by atoms with Crippen LogP contribution in [0.5, 0.6) is 5.75 Å². The highest BCUT2D eigenvalue weighted by atomic mass is 32.1. The summed E-state index contributed by atoms with van der Waals surface area (Å²) in [4.78, 5) is 16.6. The molecule has 0 fully saturated rings. The van der Waals surface area contributed by atoms with Gasteiger partial charge in [0, 0.05) is 10.9 Å². The van der Waals surface area contributed by atoms with Crippen LogP contribution in [0.3, 0.4) is 0 Å². The first-order valence-electron chi connectivity index (χ1n) is 10.0. The van der Waals surface area contributed by atoms with E-state index in [0.29, 0.717) is 5.92 Å². The molecule has 150 valence electrons. The summed E-state index contributed by atoms with van der Waals surface area (Å²) in [6.07, 6.45) is 3.41. The van der Waals surface area contributed by atoms with Crippen LogP contribution in [0.25, 0.3) is 10.6 Å². The van der Waals surface area contributed by atoms with Crippen molar-refractivity contribution in [1.82, 2.24) is 4.98 Å². The van der Waals surface area contributed by atoms with E-state index >= 15 is 0 Å². The molecule has 1 aliphatic carbocycles. The Labute approximate surface area is 175 Å². The molecule has 3 aromatic rings. The van der Waals surface area contributed by atoms with Gasteiger partial charge in [0.1, 0.15) is 17.4 Å². The van der Waals surface area contributed by atoms with Crippen molar-refractivity contribution in [3.05, 3.63) is 70.2 Å². The topological polar surface area (TPSA) is 48.4 Å². The summed E-state index contributed by atoms with van der Waals surface area (Å²) in [7, 11) is 0. The van der Waals surface area contributed by atoms with Crippen molar-refractivity contribution in [3.63, 3.8) is 0 Å². The van der Waals surface area contributed by atoms with Gasteiger partial charge in [-0.2, -0.15) is 0 Å². The zero-order valence-electron chi connectivity index (χ0n) is 16.8. The number of aryl methyl sites for hydroxylation is 2. The van der Waals surface area contributed by atoms with Crippen molar-refractivity contribution >= 4 is 17.3 Å². The van der Waals surface area contributed by atoms with Gasteiger partial charge in [-0.3, -0.25) is 0 Å². The number of fused-ring (bicyclic) bond motifs is 1. The second-order valence-electron chi connectivity index (χ2n) is 7.65. The van der Waals surface area contributed by atoms with Crippen LogP contribution in [-0.4, -0.2) is 17.6 Å². The third-order valence-electron chi connectivity index (χ3n) is 5.18. The SMILES string of the molecule is CC(C)c1ccc(-c2nc(COC(=O)COc3ccc4c(c3)CCC4)cs2)cc1. The smallest absolute Gasteiger partial charge is 0.344 e. The Morgan fingerprint density at radius 2 is 1.90 bits per heavy atom. The average Bonchev–Trinajstić information content (AvgIpc) is 3.39. The fourth-order valence-electron chi connectivity index (χ4n) is 3.49. The quantitative estimate of drug-likeness (QED) is 0.482. The van der Waals surface area contributed by atoms with E-state index in [1.54, 1.807) is 11.3 Å². The highest BCUT2D eigenvalue weighted by Gasteiger charge is 2.13. The maximum Gasteiger partial charge on any atom is 0.344 e. The average molecular weight is 408 g/mol. The molecule has 0 saturated heterocycles. The number of thiazole rings is 1.